The number of allylic oxidation sites excluding steroid dienone is 2. The van der Waals surface area contributed by atoms with Gasteiger partial charge in [-0.3, -0.25) is 14.8 Å². The lowest BCUT2D eigenvalue weighted by molar-refractivity contribution is 0.0968. The summed E-state index contributed by atoms with van der Waals surface area (Å²) in [6.45, 7) is 12.1. The number of aromatic nitrogens is 1. The van der Waals surface area contributed by atoms with Crippen LogP contribution in [0.25, 0.3) is 10.9 Å². The second-order valence-corrected chi connectivity index (χ2v) is 6.81. The Morgan fingerprint density at radius 3 is 2.44 bits per heavy atom. The second-order valence-electron chi connectivity index (χ2n) is 6.81. The maximum absolute atomic E-state index is 13.1. The first-order valence-electron chi connectivity index (χ1n) is 8.58. The number of carbonyl (C=O) groups is 1. The zero-order valence-corrected chi connectivity index (χ0v) is 16.2. The van der Waals surface area contributed by atoms with Crippen LogP contribution in [0.15, 0.2) is 40.5 Å². The van der Waals surface area contributed by atoms with Gasteiger partial charge in [0.2, 0.25) is 0 Å². The van der Waals surface area contributed by atoms with E-state index in [0.29, 0.717) is 11.5 Å². The Morgan fingerprint density at radius 2 is 1.84 bits per heavy atom. The van der Waals surface area contributed by atoms with Crippen molar-refractivity contribution >= 4 is 22.5 Å². The summed E-state index contributed by atoms with van der Waals surface area (Å²) in [4.78, 5) is 21.9. The molecule has 4 heteroatoms. The number of fused-ring (bicyclic) bond motifs is 1. The fourth-order valence-electron chi connectivity index (χ4n) is 2.72. The fourth-order valence-corrected chi connectivity index (χ4v) is 2.72. The number of hydrogen-bond acceptors (Lipinski definition) is 3. The van der Waals surface area contributed by atoms with Gasteiger partial charge in [0.25, 0.3) is 5.91 Å². The van der Waals surface area contributed by atoms with Crippen LogP contribution in [0.4, 0.5) is 0 Å². The highest BCUT2D eigenvalue weighted by Gasteiger charge is 2.17. The van der Waals surface area contributed by atoms with Crippen molar-refractivity contribution in [2.24, 2.45) is 10.9 Å². The molecular weight excluding hydrogens is 310 g/mol. The average molecular weight is 337 g/mol. The molecule has 1 amide bonds. The zero-order chi connectivity index (χ0) is 18.7. The standard InChI is InChI=1S/C21H27N3O/c1-12(2)15(5)20(16(6)22-7)24-21(25)18-11-14(4)23-19-9-8-13(3)10-17(18)19/h8-12H,1-7H3,(H,24,25)/b20-15+,22-16?. The van der Waals surface area contributed by atoms with Crippen LogP contribution in [0.5, 0.6) is 0 Å². The predicted molar refractivity (Wildman–Crippen MR) is 105 cm³/mol. The van der Waals surface area contributed by atoms with E-state index in [2.05, 4.69) is 29.1 Å². The summed E-state index contributed by atoms with van der Waals surface area (Å²) in [5.74, 6) is 0.198. The number of carbonyl (C=O) groups excluding carboxylic acids is 1. The number of pyridine rings is 1. The Bertz CT molecular complexity index is 876. The van der Waals surface area contributed by atoms with Crippen LogP contribution in [0.3, 0.4) is 0 Å². The first-order chi connectivity index (χ1) is 11.7. The number of aliphatic imine (C=N–C) groups is 1. The van der Waals surface area contributed by atoms with Crippen LogP contribution < -0.4 is 5.32 Å². The van der Waals surface area contributed by atoms with Crippen molar-refractivity contribution in [3.8, 4) is 0 Å². The van der Waals surface area contributed by atoms with Gasteiger partial charge in [-0.25, -0.2) is 0 Å². The summed E-state index contributed by atoms with van der Waals surface area (Å²) in [6.07, 6.45) is 0. The number of aryl methyl sites for hydroxylation is 2. The van der Waals surface area contributed by atoms with E-state index < -0.39 is 0 Å². The Morgan fingerprint density at radius 1 is 1.16 bits per heavy atom. The van der Waals surface area contributed by atoms with Crippen LogP contribution in [0, 0.1) is 19.8 Å². The first-order valence-corrected chi connectivity index (χ1v) is 8.58. The molecule has 0 aliphatic carbocycles. The van der Waals surface area contributed by atoms with E-state index in [1.54, 1.807) is 7.05 Å². The van der Waals surface area contributed by atoms with Gasteiger partial charge >= 0.3 is 0 Å². The van der Waals surface area contributed by atoms with Gasteiger partial charge in [0.05, 0.1) is 22.5 Å². The van der Waals surface area contributed by atoms with E-state index in [4.69, 9.17) is 0 Å². The summed E-state index contributed by atoms with van der Waals surface area (Å²) in [5, 5.41) is 3.96. The molecule has 132 valence electrons. The lowest BCUT2D eigenvalue weighted by Gasteiger charge is -2.17. The minimum absolute atomic E-state index is 0.126. The topological polar surface area (TPSA) is 54.4 Å². The van der Waals surface area contributed by atoms with Gasteiger partial charge in [-0.15, -0.1) is 0 Å². The number of nitrogens with zero attached hydrogens (tertiary/aromatic N) is 2. The summed E-state index contributed by atoms with van der Waals surface area (Å²) >= 11 is 0. The fraction of sp³-hybridized carbons (Fsp3) is 0.381. The Kier molecular flexibility index (Phi) is 5.73. The quantitative estimate of drug-likeness (QED) is 0.829. The Balaban J connectivity index is 2.55. The van der Waals surface area contributed by atoms with Crippen LogP contribution >= 0.6 is 0 Å². The minimum atomic E-state index is -0.126. The van der Waals surface area contributed by atoms with Gasteiger partial charge in [0.1, 0.15) is 0 Å². The number of rotatable bonds is 4. The lowest BCUT2D eigenvalue weighted by Crippen LogP contribution is -2.29. The summed E-state index contributed by atoms with van der Waals surface area (Å²) in [7, 11) is 1.74. The zero-order valence-electron chi connectivity index (χ0n) is 16.2. The average Bonchev–Trinajstić information content (AvgIpc) is 2.57. The number of hydrogen-bond donors (Lipinski definition) is 1. The molecule has 2 aromatic rings. The van der Waals surface area contributed by atoms with Crippen molar-refractivity contribution in [3.05, 3.63) is 52.4 Å². The largest absolute Gasteiger partial charge is 0.320 e. The smallest absolute Gasteiger partial charge is 0.256 e. The number of amides is 1. The van der Waals surface area contributed by atoms with Crippen LogP contribution in [0.2, 0.25) is 0 Å². The molecule has 0 radical (unpaired) electrons. The molecule has 1 aromatic carbocycles. The molecule has 0 bridgehead atoms. The molecular formula is C21H27N3O. The Hall–Kier alpha value is -2.49. The van der Waals surface area contributed by atoms with Crippen molar-refractivity contribution in [1.82, 2.24) is 10.3 Å². The van der Waals surface area contributed by atoms with Gasteiger partial charge in [0, 0.05) is 18.1 Å². The van der Waals surface area contributed by atoms with E-state index in [1.807, 2.05) is 52.0 Å². The molecule has 0 fully saturated rings. The number of nitrogens with one attached hydrogen (secondary N) is 1. The summed E-state index contributed by atoms with van der Waals surface area (Å²) in [6, 6.07) is 7.83. The number of benzene rings is 1. The molecule has 0 aliphatic rings. The third-order valence-electron chi connectivity index (χ3n) is 4.53. The highest BCUT2D eigenvalue weighted by molar-refractivity contribution is 6.10. The highest BCUT2D eigenvalue weighted by atomic mass is 16.1. The normalized spacial score (nSPS) is 13.2. The van der Waals surface area contributed by atoms with E-state index in [-0.39, 0.29) is 5.91 Å². The SMILES string of the molecule is CN=C(C)/C(NC(=O)c1cc(C)nc2ccc(C)cc12)=C(/C)C(C)C. The van der Waals surface area contributed by atoms with Gasteiger partial charge in [0.15, 0.2) is 0 Å². The van der Waals surface area contributed by atoms with Crippen molar-refractivity contribution in [2.75, 3.05) is 7.05 Å². The molecule has 25 heavy (non-hydrogen) atoms. The summed E-state index contributed by atoms with van der Waals surface area (Å²) in [5.41, 5.74) is 6.15. The van der Waals surface area contributed by atoms with Crippen LogP contribution in [0.1, 0.15) is 49.3 Å². The molecule has 0 atom stereocenters. The van der Waals surface area contributed by atoms with Crippen LogP contribution in [-0.4, -0.2) is 23.7 Å². The molecule has 0 saturated heterocycles. The maximum atomic E-state index is 13.1. The molecule has 0 unspecified atom stereocenters. The maximum Gasteiger partial charge on any atom is 0.256 e. The minimum Gasteiger partial charge on any atom is -0.320 e. The van der Waals surface area contributed by atoms with E-state index in [9.17, 15) is 4.79 Å². The van der Waals surface area contributed by atoms with Crippen molar-refractivity contribution in [1.29, 1.82) is 0 Å². The highest BCUT2D eigenvalue weighted by Crippen LogP contribution is 2.21. The van der Waals surface area contributed by atoms with E-state index >= 15 is 0 Å². The third-order valence-corrected chi connectivity index (χ3v) is 4.53. The van der Waals surface area contributed by atoms with Crippen LogP contribution in [-0.2, 0) is 0 Å². The first kappa shape index (κ1) is 18.8. The summed E-state index contributed by atoms with van der Waals surface area (Å²) < 4.78 is 0. The monoisotopic (exact) mass is 337 g/mol. The van der Waals surface area contributed by atoms with Gasteiger partial charge < -0.3 is 5.32 Å². The predicted octanol–water partition coefficient (Wildman–Crippen LogP) is 4.60. The molecule has 0 aliphatic heterocycles. The van der Waals surface area contributed by atoms with E-state index in [1.165, 1.54) is 0 Å². The molecule has 1 aromatic heterocycles. The Labute approximate surface area is 150 Å². The van der Waals surface area contributed by atoms with Gasteiger partial charge in [-0.05, 0) is 57.4 Å². The van der Waals surface area contributed by atoms with E-state index in [0.717, 1.165) is 39.1 Å². The van der Waals surface area contributed by atoms with Crippen molar-refractivity contribution in [3.63, 3.8) is 0 Å². The molecule has 0 saturated carbocycles. The lowest BCUT2D eigenvalue weighted by atomic mass is 10.00. The molecule has 2 rings (SSSR count). The molecule has 1 N–H and O–H groups in total. The van der Waals surface area contributed by atoms with Gasteiger partial charge in [-0.1, -0.05) is 25.5 Å². The van der Waals surface area contributed by atoms with Crippen molar-refractivity contribution < 1.29 is 4.79 Å². The van der Waals surface area contributed by atoms with Crippen molar-refractivity contribution in [2.45, 2.75) is 41.5 Å². The van der Waals surface area contributed by atoms with Gasteiger partial charge in [-0.2, -0.15) is 0 Å². The third kappa shape index (κ3) is 4.13. The molecule has 4 nitrogen and oxygen atoms in total. The second kappa shape index (κ2) is 7.60. The molecule has 0 spiro atoms. The molecule has 1 heterocycles.